The van der Waals surface area contributed by atoms with Gasteiger partial charge in [0, 0.05) is 17.5 Å². The zero-order chi connectivity index (χ0) is 16.8. The van der Waals surface area contributed by atoms with Crippen LogP contribution in [-0.2, 0) is 23.9 Å². The molecule has 6 nitrogen and oxygen atoms in total. The molecule has 0 spiro atoms. The van der Waals surface area contributed by atoms with Gasteiger partial charge < -0.3 is 14.8 Å². The second kappa shape index (κ2) is 5.33. The van der Waals surface area contributed by atoms with Gasteiger partial charge in [0.05, 0.1) is 5.92 Å². The molecule has 1 amide bonds. The number of amides is 1. The van der Waals surface area contributed by atoms with E-state index in [0.717, 1.165) is 6.07 Å². The summed E-state index contributed by atoms with van der Waals surface area (Å²) in [5, 5.41) is 2.53. The van der Waals surface area contributed by atoms with Gasteiger partial charge in [-0.05, 0) is 17.7 Å². The molecule has 0 aromatic heterocycles. The Morgan fingerprint density at radius 1 is 1.39 bits per heavy atom. The van der Waals surface area contributed by atoms with Crippen molar-refractivity contribution in [3.05, 3.63) is 29.6 Å². The predicted molar refractivity (Wildman–Crippen MR) is 77.0 cm³/mol. The average Bonchev–Trinajstić information content (AvgIpc) is 2.72. The maximum Gasteiger partial charge on any atom is 0.348 e. The van der Waals surface area contributed by atoms with Gasteiger partial charge in [-0.2, -0.15) is 0 Å². The van der Waals surface area contributed by atoms with Crippen molar-refractivity contribution in [1.82, 2.24) is 0 Å². The van der Waals surface area contributed by atoms with Gasteiger partial charge in [0.2, 0.25) is 12.0 Å². The summed E-state index contributed by atoms with van der Waals surface area (Å²) in [5.41, 5.74) is 0.0894. The minimum atomic E-state index is -1.01. The van der Waals surface area contributed by atoms with Crippen molar-refractivity contribution in [3.63, 3.8) is 0 Å². The Morgan fingerprint density at radius 2 is 2.13 bits per heavy atom. The van der Waals surface area contributed by atoms with Crippen molar-refractivity contribution in [2.45, 2.75) is 32.3 Å². The van der Waals surface area contributed by atoms with E-state index >= 15 is 0 Å². The third-order valence-corrected chi connectivity index (χ3v) is 4.08. The molecular weight excluding hydrogens is 305 g/mol. The van der Waals surface area contributed by atoms with Crippen molar-refractivity contribution in [2.75, 3.05) is 11.9 Å². The molecule has 1 aromatic carbocycles. The Labute approximate surface area is 131 Å². The van der Waals surface area contributed by atoms with Crippen LogP contribution in [0.25, 0.3) is 0 Å². The van der Waals surface area contributed by atoms with Crippen LogP contribution >= 0.6 is 0 Å². The van der Waals surface area contributed by atoms with Gasteiger partial charge in [-0.25, -0.2) is 9.18 Å². The van der Waals surface area contributed by atoms with Crippen LogP contribution in [0.4, 0.5) is 10.1 Å². The lowest BCUT2D eigenvalue weighted by Crippen LogP contribution is -2.38. The molecule has 122 valence electrons. The van der Waals surface area contributed by atoms with Gasteiger partial charge in [0.15, 0.2) is 0 Å². The van der Waals surface area contributed by atoms with Crippen LogP contribution in [0.2, 0.25) is 0 Å². The van der Waals surface area contributed by atoms with E-state index in [9.17, 15) is 18.8 Å². The molecule has 0 saturated carbocycles. The van der Waals surface area contributed by atoms with Crippen LogP contribution in [0.3, 0.4) is 0 Å². The minimum Gasteiger partial charge on any atom is -0.462 e. The third kappa shape index (κ3) is 2.78. The topological polar surface area (TPSA) is 81.7 Å². The smallest absolute Gasteiger partial charge is 0.348 e. The first-order chi connectivity index (χ1) is 10.8. The van der Waals surface area contributed by atoms with E-state index in [1.807, 2.05) is 0 Å². The highest BCUT2D eigenvalue weighted by atomic mass is 19.1. The summed E-state index contributed by atoms with van der Waals surface area (Å²) >= 11 is 0. The number of rotatable bonds is 2. The fourth-order valence-corrected chi connectivity index (χ4v) is 2.78. The Hall–Kier alpha value is -2.44. The number of benzene rings is 1. The molecule has 23 heavy (non-hydrogen) atoms. The number of cyclic esters (lactones) is 1. The molecule has 2 aliphatic rings. The summed E-state index contributed by atoms with van der Waals surface area (Å²) < 4.78 is 23.6. The first kappa shape index (κ1) is 15.5. The maximum atomic E-state index is 13.3. The molecule has 1 unspecified atom stereocenters. The van der Waals surface area contributed by atoms with E-state index in [2.05, 4.69) is 5.32 Å². The third-order valence-electron chi connectivity index (χ3n) is 4.08. The molecule has 0 aliphatic carbocycles. The number of fused-ring (bicyclic) bond motifs is 1. The largest absolute Gasteiger partial charge is 0.462 e. The Morgan fingerprint density at radius 3 is 2.78 bits per heavy atom. The van der Waals surface area contributed by atoms with Crippen LogP contribution in [0.5, 0.6) is 0 Å². The fraction of sp³-hybridized carbons (Fsp3) is 0.438. The SMILES string of the molecule is CC1(C)COC(=O)[C@@H]1OC(=O)C1CC(=O)Nc2cc(F)ccc21. The molecular formula is C16H16FNO5. The zero-order valence-corrected chi connectivity index (χ0v) is 12.7. The molecule has 2 heterocycles. The molecule has 0 bridgehead atoms. The number of hydrogen-bond acceptors (Lipinski definition) is 5. The molecule has 1 fully saturated rings. The number of carbonyl (C=O) groups excluding carboxylic acids is 3. The Bertz CT molecular complexity index is 700. The monoisotopic (exact) mass is 321 g/mol. The van der Waals surface area contributed by atoms with Crippen LogP contribution in [0.15, 0.2) is 18.2 Å². The lowest BCUT2D eigenvalue weighted by Gasteiger charge is -2.27. The molecule has 3 rings (SSSR count). The van der Waals surface area contributed by atoms with Gasteiger partial charge in [-0.15, -0.1) is 0 Å². The summed E-state index contributed by atoms with van der Waals surface area (Å²) in [7, 11) is 0. The minimum absolute atomic E-state index is 0.111. The summed E-state index contributed by atoms with van der Waals surface area (Å²) in [6, 6.07) is 3.80. The second-order valence-electron chi connectivity index (χ2n) is 6.45. The van der Waals surface area contributed by atoms with Gasteiger partial charge in [-0.3, -0.25) is 9.59 Å². The highest BCUT2D eigenvalue weighted by Crippen LogP contribution is 2.36. The van der Waals surface area contributed by atoms with Gasteiger partial charge in [0.25, 0.3) is 0 Å². The van der Waals surface area contributed by atoms with Crippen molar-refractivity contribution in [2.24, 2.45) is 5.41 Å². The summed E-state index contributed by atoms with van der Waals surface area (Å²) in [6.45, 7) is 3.68. The molecule has 1 saturated heterocycles. The number of nitrogens with one attached hydrogen (secondary N) is 1. The molecule has 2 atom stereocenters. The lowest BCUT2D eigenvalue weighted by atomic mass is 9.88. The molecule has 0 radical (unpaired) electrons. The molecule has 1 N–H and O–H groups in total. The Kier molecular flexibility index (Phi) is 3.58. The van der Waals surface area contributed by atoms with E-state index in [4.69, 9.17) is 9.47 Å². The molecule has 7 heteroatoms. The van der Waals surface area contributed by atoms with Crippen molar-refractivity contribution in [1.29, 1.82) is 0 Å². The number of halogens is 1. The summed E-state index contributed by atoms with van der Waals surface area (Å²) in [6.07, 6.45) is -1.12. The van der Waals surface area contributed by atoms with Gasteiger partial charge >= 0.3 is 11.9 Å². The van der Waals surface area contributed by atoms with E-state index in [0.29, 0.717) is 5.56 Å². The van der Waals surface area contributed by atoms with Gasteiger partial charge in [0.1, 0.15) is 12.4 Å². The number of ether oxygens (including phenoxy) is 2. The maximum absolute atomic E-state index is 13.3. The van der Waals surface area contributed by atoms with Crippen molar-refractivity contribution in [3.8, 4) is 0 Å². The van der Waals surface area contributed by atoms with E-state index in [1.54, 1.807) is 13.8 Å². The fourth-order valence-electron chi connectivity index (χ4n) is 2.78. The summed E-state index contributed by atoms with van der Waals surface area (Å²) in [5.74, 6) is -3.08. The summed E-state index contributed by atoms with van der Waals surface area (Å²) in [4.78, 5) is 36.0. The quantitative estimate of drug-likeness (QED) is 0.839. The van der Waals surface area contributed by atoms with Crippen LogP contribution in [-0.4, -0.2) is 30.6 Å². The van der Waals surface area contributed by atoms with Crippen LogP contribution in [0.1, 0.15) is 31.7 Å². The second-order valence-corrected chi connectivity index (χ2v) is 6.45. The van der Waals surface area contributed by atoms with E-state index < -0.39 is 41.1 Å². The number of esters is 2. The first-order valence-corrected chi connectivity index (χ1v) is 7.24. The van der Waals surface area contributed by atoms with E-state index in [-0.39, 0.29) is 18.7 Å². The number of anilines is 1. The Balaban J connectivity index is 1.86. The normalized spacial score (nSPS) is 25.3. The first-order valence-electron chi connectivity index (χ1n) is 7.24. The van der Waals surface area contributed by atoms with Crippen molar-refractivity contribution < 1.29 is 28.2 Å². The standard InChI is InChI=1S/C16H16FNO5/c1-16(2)7-22-15(21)13(16)23-14(20)10-6-12(19)18-11-5-8(17)3-4-9(10)11/h3-5,10,13H,6-7H2,1-2H3,(H,18,19)/t10?,13-/m0/s1. The average molecular weight is 321 g/mol. The van der Waals surface area contributed by atoms with Crippen LogP contribution in [0, 0.1) is 11.2 Å². The highest BCUT2D eigenvalue weighted by Gasteiger charge is 2.47. The predicted octanol–water partition coefficient (Wildman–Crippen LogP) is 1.75. The number of carbonyl (C=O) groups is 3. The van der Waals surface area contributed by atoms with E-state index in [1.165, 1.54) is 12.1 Å². The lowest BCUT2D eigenvalue weighted by molar-refractivity contribution is -0.164. The van der Waals surface area contributed by atoms with Crippen LogP contribution < -0.4 is 5.32 Å². The number of hydrogen-bond donors (Lipinski definition) is 1. The highest BCUT2D eigenvalue weighted by molar-refractivity contribution is 6.00. The van der Waals surface area contributed by atoms with Gasteiger partial charge in [-0.1, -0.05) is 19.9 Å². The molecule has 2 aliphatic heterocycles. The zero-order valence-electron chi connectivity index (χ0n) is 12.7. The van der Waals surface area contributed by atoms with Crippen molar-refractivity contribution >= 4 is 23.5 Å². The molecule has 1 aromatic rings.